The lowest BCUT2D eigenvalue weighted by atomic mass is 10.1. The smallest absolute Gasteiger partial charge is 0.328 e. The average molecular weight is 540 g/mol. The molecule has 1 amide bonds. The van der Waals surface area contributed by atoms with Gasteiger partial charge in [0.2, 0.25) is 7.85 Å². The van der Waals surface area contributed by atoms with E-state index in [4.69, 9.17) is 9.47 Å². The fourth-order valence-corrected chi connectivity index (χ4v) is 4.90. The van der Waals surface area contributed by atoms with E-state index in [1.165, 1.54) is 34.1 Å². The molecule has 2 N–H and O–H groups in total. The Morgan fingerprint density at radius 2 is 1.76 bits per heavy atom. The number of anilines is 1. The van der Waals surface area contributed by atoms with Gasteiger partial charge in [0.25, 0.3) is 10.0 Å². The summed E-state index contributed by atoms with van der Waals surface area (Å²) in [4.78, 5) is 27.4. The standard InChI is InChI=1S/C24H29BN6O6S/c1-29-14-22(27-15-29)38(34,35)28-18-12-19-20(31(3)24(33)30(19)2)13-21(18)37-17-8-6-7-16(11-17)36-10-5-4-9-26-23(25)32/h6-8,11-15,28H,4-5,9-10,25H2,1-3H3,(H,26,32). The van der Waals surface area contributed by atoms with Crippen molar-refractivity contribution < 1.29 is 22.7 Å². The third kappa shape index (κ3) is 6.02. The fraction of sp³-hybridized carbons (Fsp3) is 0.292. The van der Waals surface area contributed by atoms with E-state index in [0.29, 0.717) is 35.7 Å². The first kappa shape index (κ1) is 26.9. The molecule has 2 heterocycles. The molecular weight excluding hydrogens is 511 g/mol. The van der Waals surface area contributed by atoms with E-state index in [1.54, 1.807) is 57.5 Å². The van der Waals surface area contributed by atoms with E-state index in [0.717, 1.165) is 12.8 Å². The van der Waals surface area contributed by atoms with Gasteiger partial charge in [0.1, 0.15) is 11.5 Å². The van der Waals surface area contributed by atoms with Crippen molar-refractivity contribution in [2.45, 2.75) is 17.9 Å². The van der Waals surface area contributed by atoms with Crippen LogP contribution in [-0.4, -0.2) is 53.9 Å². The molecule has 38 heavy (non-hydrogen) atoms. The molecule has 0 aliphatic rings. The number of aromatic nitrogens is 4. The molecule has 0 atom stereocenters. The van der Waals surface area contributed by atoms with E-state index in [-0.39, 0.29) is 28.0 Å². The summed E-state index contributed by atoms with van der Waals surface area (Å²) in [7, 11) is 2.36. The summed E-state index contributed by atoms with van der Waals surface area (Å²) in [6.45, 7) is 1.04. The van der Waals surface area contributed by atoms with Gasteiger partial charge < -0.3 is 19.4 Å². The number of imidazole rings is 2. The zero-order valence-electron chi connectivity index (χ0n) is 21.6. The van der Waals surface area contributed by atoms with Crippen molar-refractivity contribution in [1.82, 2.24) is 24.0 Å². The lowest BCUT2D eigenvalue weighted by molar-refractivity contribution is 0.258. The van der Waals surface area contributed by atoms with Crippen molar-refractivity contribution in [2.24, 2.45) is 21.1 Å². The number of aryl methyl sites for hydroxylation is 3. The van der Waals surface area contributed by atoms with E-state index >= 15 is 0 Å². The molecule has 0 saturated heterocycles. The van der Waals surface area contributed by atoms with Crippen LogP contribution >= 0.6 is 0 Å². The lowest BCUT2D eigenvalue weighted by Crippen LogP contribution is -2.22. The number of unbranched alkanes of at least 4 members (excludes halogenated alkanes) is 1. The zero-order chi connectivity index (χ0) is 27.4. The number of ether oxygens (including phenoxy) is 2. The maximum atomic E-state index is 13.0. The summed E-state index contributed by atoms with van der Waals surface area (Å²) in [5, 5.41) is 2.59. The van der Waals surface area contributed by atoms with Crippen molar-refractivity contribution in [2.75, 3.05) is 17.9 Å². The summed E-state index contributed by atoms with van der Waals surface area (Å²) in [6, 6.07) is 10.1. The normalized spacial score (nSPS) is 11.4. The van der Waals surface area contributed by atoms with Gasteiger partial charge in [0.05, 0.1) is 29.7 Å². The Morgan fingerprint density at radius 3 is 2.45 bits per heavy atom. The SMILES string of the molecule is BC(=O)NCCCCOc1cccc(Oc2cc3c(cc2NS(=O)(=O)c2cn(C)cn2)n(C)c(=O)n3C)c1. The molecule has 4 aromatic rings. The van der Waals surface area contributed by atoms with Crippen LogP contribution in [0.15, 0.2) is 58.7 Å². The van der Waals surface area contributed by atoms with Crippen LogP contribution in [-0.2, 0) is 31.2 Å². The Kier molecular flexibility index (Phi) is 7.81. The molecule has 0 spiro atoms. The second kappa shape index (κ2) is 11.0. The predicted octanol–water partition coefficient (Wildman–Crippen LogP) is 1.71. The van der Waals surface area contributed by atoms with Gasteiger partial charge in [-0.05, 0) is 31.0 Å². The van der Waals surface area contributed by atoms with Gasteiger partial charge in [0, 0.05) is 46.0 Å². The molecular formula is C24H29BN6O6S. The summed E-state index contributed by atoms with van der Waals surface area (Å²) in [6.07, 6.45) is 4.31. The highest BCUT2D eigenvalue weighted by Gasteiger charge is 2.22. The van der Waals surface area contributed by atoms with Crippen LogP contribution < -0.4 is 25.2 Å². The number of carbonyl (C=O) groups excluding carboxylic acids is 1. The largest absolute Gasteiger partial charge is 0.493 e. The van der Waals surface area contributed by atoms with Crippen LogP contribution in [0.3, 0.4) is 0 Å². The van der Waals surface area contributed by atoms with Crippen LogP contribution in [0.5, 0.6) is 17.2 Å². The number of benzene rings is 2. The van der Waals surface area contributed by atoms with E-state index in [9.17, 15) is 18.0 Å². The number of carbonyl (C=O) groups is 1. The summed E-state index contributed by atoms with van der Waals surface area (Å²) < 4.78 is 45.0. The minimum absolute atomic E-state index is 0.0637. The number of hydrogen-bond acceptors (Lipinski definition) is 7. The first-order valence-corrected chi connectivity index (χ1v) is 13.4. The number of sulfonamides is 1. The first-order chi connectivity index (χ1) is 18.0. The van der Waals surface area contributed by atoms with E-state index < -0.39 is 10.0 Å². The molecule has 2 aromatic heterocycles. The summed E-state index contributed by atoms with van der Waals surface area (Å²) in [5.41, 5.74) is 0.984. The Bertz CT molecular complexity index is 1640. The highest BCUT2D eigenvalue weighted by molar-refractivity contribution is 7.92. The van der Waals surface area contributed by atoms with Crippen LogP contribution in [0.4, 0.5) is 10.5 Å². The minimum Gasteiger partial charge on any atom is -0.493 e. The molecule has 0 fully saturated rings. The van der Waals surface area contributed by atoms with Crippen LogP contribution in [0.1, 0.15) is 12.8 Å². The van der Waals surface area contributed by atoms with Gasteiger partial charge in [-0.25, -0.2) is 9.78 Å². The van der Waals surface area contributed by atoms with E-state index in [2.05, 4.69) is 15.0 Å². The van der Waals surface area contributed by atoms with Gasteiger partial charge >= 0.3 is 5.69 Å². The molecule has 0 aliphatic heterocycles. The monoisotopic (exact) mass is 540 g/mol. The van der Waals surface area contributed by atoms with Gasteiger partial charge in [0.15, 0.2) is 16.6 Å². The Hall–Kier alpha value is -4.20. The number of fused-ring (bicyclic) bond motifs is 1. The molecule has 0 saturated carbocycles. The molecule has 0 bridgehead atoms. The average Bonchev–Trinajstić information content (AvgIpc) is 3.40. The number of nitrogens with one attached hydrogen (secondary N) is 2. The number of amides is 1. The van der Waals surface area contributed by atoms with Crippen molar-refractivity contribution in [3.63, 3.8) is 0 Å². The molecule has 0 aliphatic carbocycles. The minimum atomic E-state index is -4.03. The van der Waals surface area contributed by atoms with Crippen LogP contribution in [0, 0.1) is 0 Å². The zero-order valence-corrected chi connectivity index (χ0v) is 22.4. The van der Waals surface area contributed by atoms with Gasteiger partial charge in [-0.2, -0.15) is 8.42 Å². The van der Waals surface area contributed by atoms with Crippen molar-refractivity contribution >= 4 is 40.4 Å². The Labute approximate surface area is 220 Å². The second-order valence-corrected chi connectivity index (χ2v) is 10.5. The molecule has 0 radical (unpaired) electrons. The summed E-state index contributed by atoms with van der Waals surface area (Å²) in [5.74, 6) is 1.13. The molecule has 14 heteroatoms. The molecule has 12 nitrogen and oxygen atoms in total. The van der Waals surface area contributed by atoms with Crippen LogP contribution in [0.2, 0.25) is 0 Å². The van der Waals surface area contributed by atoms with E-state index in [1.807, 2.05) is 0 Å². The van der Waals surface area contributed by atoms with Crippen molar-refractivity contribution in [1.29, 1.82) is 0 Å². The van der Waals surface area contributed by atoms with Gasteiger partial charge in [-0.15, -0.1) is 0 Å². The number of nitrogens with zero attached hydrogens (tertiary/aromatic N) is 4. The number of hydrogen-bond donors (Lipinski definition) is 2. The quantitative estimate of drug-likeness (QED) is 0.218. The van der Waals surface area contributed by atoms with Crippen molar-refractivity contribution in [3.05, 3.63) is 59.4 Å². The summed E-state index contributed by atoms with van der Waals surface area (Å²) >= 11 is 0. The third-order valence-corrected chi connectivity index (χ3v) is 7.07. The maximum Gasteiger partial charge on any atom is 0.328 e. The topological polar surface area (TPSA) is 138 Å². The van der Waals surface area contributed by atoms with Crippen LogP contribution in [0.25, 0.3) is 11.0 Å². The predicted molar refractivity (Wildman–Crippen MR) is 145 cm³/mol. The molecule has 2 aromatic carbocycles. The third-order valence-electron chi connectivity index (χ3n) is 5.82. The first-order valence-electron chi connectivity index (χ1n) is 11.9. The fourth-order valence-electron chi connectivity index (χ4n) is 3.85. The highest BCUT2D eigenvalue weighted by Crippen LogP contribution is 2.35. The Balaban J connectivity index is 1.60. The maximum absolute atomic E-state index is 13.0. The second-order valence-electron chi connectivity index (χ2n) is 8.84. The lowest BCUT2D eigenvalue weighted by Gasteiger charge is -2.15. The number of rotatable bonds is 11. The van der Waals surface area contributed by atoms with Gasteiger partial charge in [-0.3, -0.25) is 18.7 Å². The molecule has 4 rings (SSSR count). The van der Waals surface area contributed by atoms with Gasteiger partial charge in [-0.1, -0.05) is 6.07 Å². The Morgan fingerprint density at radius 1 is 1.05 bits per heavy atom. The molecule has 200 valence electrons. The highest BCUT2D eigenvalue weighted by atomic mass is 32.2. The molecule has 0 unspecified atom stereocenters. The van der Waals surface area contributed by atoms with Crippen molar-refractivity contribution in [3.8, 4) is 17.2 Å².